The first-order valence-electron chi connectivity index (χ1n) is 5.72. The largest absolute Gasteiger partial charge is 0.391 e. The molecule has 6 nitrogen and oxygen atoms in total. The Morgan fingerprint density at radius 2 is 1.89 bits per heavy atom. The smallest absolute Gasteiger partial charge is 0.270 e. The molecule has 0 amide bonds. The van der Waals surface area contributed by atoms with Crippen molar-refractivity contribution in [1.29, 1.82) is 0 Å². The lowest BCUT2D eigenvalue weighted by molar-refractivity contribution is -0.384. The number of nitro groups is 1. The normalized spacial score (nSPS) is 10.7. The van der Waals surface area contributed by atoms with Crippen LogP contribution in [-0.4, -0.2) is 51.4 Å². The predicted octanol–water partition coefficient (Wildman–Crippen LogP) is 0.380. The molecule has 0 spiro atoms. The van der Waals surface area contributed by atoms with Gasteiger partial charge in [0.15, 0.2) is 5.75 Å². The highest BCUT2D eigenvalue weighted by molar-refractivity contribution is 7.97. The van der Waals surface area contributed by atoms with Crippen molar-refractivity contribution in [3.8, 4) is 0 Å². The number of aliphatic hydroxyl groups excluding tert-OH is 2. The fourth-order valence-electron chi connectivity index (χ4n) is 1.57. The minimum absolute atomic E-state index is 0.0364. The number of ketones is 1. The molecule has 0 aromatic heterocycles. The summed E-state index contributed by atoms with van der Waals surface area (Å²) in [5, 5.41) is 28.4. The SMILES string of the molecule is O=C(C[S+](CCO)CCO)c1cccc([N+](=O)[O-])c1. The standard InChI is InChI=1S/C12H16NO5S/c14-4-6-19(7-5-15)9-12(16)10-2-1-3-11(8-10)13(17)18/h1-3,8,14-15H,4-7,9H2/q+1. The Hall–Kier alpha value is -1.44. The quantitative estimate of drug-likeness (QED) is 0.311. The molecule has 0 heterocycles. The second-order valence-corrected chi connectivity index (χ2v) is 6.17. The van der Waals surface area contributed by atoms with Gasteiger partial charge < -0.3 is 10.2 Å². The van der Waals surface area contributed by atoms with Crippen LogP contribution in [0.5, 0.6) is 0 Å². The van der Waals surface area contributed by atoms with Gasteiger partial charge in [0.25, 0.3) is 5.69 Å². The second kappa shape index (κ2) is 7.88. The van der Waals surface area contributed by atoms with Gasteiger partial charge in [-0.1, -0.05) is 12.1 Å². The minimum Gasteiger partial charge on any atom is -0.391 e. The van der Waals surface area contributed by atoms with Crippen molar-refractivity contribution in [3.05, 3.63) is 39.9 Å². The van der Waals surface area contributed by atoms with Gasteiger partial charge in [-0.2, -0.15) is 0 Å². The van der Waals surface area contributed by atoms with Crippen molar-refractivity contribution in [1.82, 2.24) is 0 Å². The molecular formula is C12H16NO5S+. The molecule has 1 aromatic carbocycles. The van der Waals surface area contributed by atoms with Crippen LogP contribution in [0.1, 0.15) is 10.4 Å². The van der Waals surface area contributed by atoms with E-state index in [-0.39, 0.29) is 30.4 Å². The van der Waals surface area contributed by atoms with E-state index in [1.807, 2.05) is 0 Å². The monoisotopic (exact) mass is 286 g/mol. The first-order chi connectivity index (χ1) is 9.08. The third kappa shape index (κ3) is 4.98. The highest BCUT2D eigenvalue weighted by Gasteiger charge is 2.23. The van der Waals surface area contributed by atoms with E-state index in [9.17, 15) is 14.9 Å². The Balaban J connectivity index is 2.76. The lowest BCUT2D eigenvalue weighted by atomic mass is 10.1. The molecule has 2 N–H and O–H groups in total. The van der Waals surface area contributed by atoms with E-state index in [1.54, 1.807) is 0 Å². The van der Waals surface area contributed by atoms with Gasteiger partial charge in [0, 0.05) is 28.6 Å². The zero-order valence-electron chi connectivity index (χ0n) is 10.3. The van der Waals surface area contributed by atoms with E-state index in [2.05, 4.69) is 0 Å². The number of hydrogen-bond donors (Lipinski definition) is 2. The first kappa shape index (κ1) is 15.6. The van der Waals surface area contributed by atoms with Gasteiger partial charge in [0.1, 0.15) is 11.5 Å². The number of Topliss-reactive ketones (excluding diaryl/α,β-unsaturated/α-hetero) is 1. The fourth-order valence-corrected chi connectivity index (χ4v) is 3.11. The predicted molar refractivity (Wildman–Crippen MR) is 73.6 cm³/mol. The Morgan fingerprint density at radius 3 is 2.42 bits per heavy atom. The zero-order chi connectivity index (χ0) is 14.3. The van der Waals surface area contributed by atoms with E-state index in [1.165, 1.54) is 24.3 Å². The maximum atomic E-state index is 12.0. The number of rotatable bonds is 8. The third-order valence-corrected chi connectivity index (χ3v) is 4.66. The van der Waals surface area contributed by atoms with Crippen LogP contribution in [0.3, 0.4) is 0 Å². The van der Waals surface area contributed by atoms with Crippen LogP contribution in [0.4, 0.5) is 5.69 Å². The van der Waals surface area contributed by atoms with Crippen molar-refractivity contribution in [2.24, 2.45) is 0 Å². The van der Waals surface area contributed by atoms with Crippen LogP contribution < -0.4 is 0 Å². The van der Waals surface area contributed by atoms with Gasteiger partial charge >= 0.3 is 0 Å². The lowest BCUT2D eigenvalue weighted by Crippen LogP contribution is -2.25. The zero-order valence-corrected chi connectivity index (χ0v) is 11.1. The molecule has 0 radical (unpaired) electrons. The molecule has 0 unspecified atom stereocenters. The van der Waals surface area contributed by atoms with Gasteiger partial charge in [-0.15, -0.1) is 0 Å². The van der Waals surface area contributed by atoms with Crippen LogP contribution >= 0.6 is 0 Å². The molecule has 0 fully saturated rings. The summed E-state index contributed by atoms with van der Waals surface area (Å²) in [4.78, 5) is 22.1. The molecule has 1 rings (SSSR count). The molecule has 7 heteroatoms. The average Bonchev–Trinajstić information content (AvgIpc) is 2.39. The number of nitrogens with zero attached hydrogens (tertiary/aromatic N) is 1. The summed E-state index contributed by atoms with van der Waals surface area (Å²) in [5.74, 6) is 0.916. The number of carbonyl (C=O) groups is 1. The maximum Gasteiger partial charge on any atom is 0.270 e. The fraction of sp³-hybridized carbons (Fsp3) is 0.417. The van der Waals surface area contributed by atoms with Crippen LogP contribution in [0.15, 0.2) is 24.3 Å². The number of carbonyl (C=O) groups excluding carboxylic acids is 1. The highest BCUT2D eigenvalue weighted by atomic mass is 32.2. The first-order valence-corrected chi connectivity index (χ1v) is 7.45. The van der Waals surface area contributed by atoms with Crippen LogP contribution in [-0.2, 0) is 10.9 Å². The summed E-state index contributed by atoms with van der Waals surface area (Å²) in [6.07, 6.45) is 0. The molecule has 0 saturated carbocycles. The number of hydrogen-bond acceptors (Lipinski definition) is 5. The summed E-state index contributed by atoms with van der Waals surface area (Å²) >= 11 is 0. The van der Waals surface area contributed by atoms with Crippen molar-refractivity contribution in [3.63, 3.8) is 0 Å². The van der Waals surface area contributed by atoms with Crippen LogP contribution in [0, 0.1) is 10.1 Å². The van der Waals surface area contributed by atoms with Gasteiger partial charge in [-0.3, -0.25) is 14.9 Å². The van der Waals surface area contributed by atoms with Crippen LogP contribution in [0.25, 0.3) is 0 Å². The molecule has 1 aromatic rings. The summed E-state index contributed by atoms with van der Waals surface area (Å²) in [6, 6.07) is 5.59. The van der Waals surface area contributed by atoms with E-state index < -0.39 is 15.8 Å². The molecular weight excluding hydrogens is 270 g/mol. The molecule has 0 atom stereocenters. The van der Waals surface area contributed by atoms with Gasteiger partial charge in [0.2, 0.25) is 5.78 Å². The van der Waals surface area contributed by atoms with E-state index in [0.717, 1.165) is 0 Å². The van der Waals surface area contributed by atoms with Crippen molar-refractivity contribution in [2.75, 3.05) is 30.5 Å². The number of non-ortho nitro benzene ring substituents is 1. The Morgan fingerprint density at radius 1 is 1.26 bits per heavy atom. The third-order valence-electron chi connectivity index (χ3n) is 2.47. The van der Waals surface area contributed by atoms with Gasteiger partial charge in [-0.05, 0) is 0 Å². The highest BCUT2D eigenvalue weighted by Crippen LogP contribution is 2.14. The summed E-state index contributed by atoms with van der Waals surface area (Å²) < 4.78 is 0. The molecule has 104 valence electrons. The van der Waals surface area contributed by atoms with E-state index in [0.29, 0.717) is 17.1 Å². The minimum atomic E-state index is -0.544. The molecule has 0 bridgehead atoms. The van der Waals surface area contributed by atoms with E-state index in [4.69, 9.17) is 10.2 Å². The van der Waals surface area contributed by atoms with Crippen LogP contribution in [0.2, 0.25) is 0 Å². The van der Waals surface area contributed by atoms with Gasteiger partial charge in [-0.25, -0.2) is 0 Å². The average molecular weight is 286 g/mol. The second-order valence-electron chi connectivity index (χ2n) is 3.84. The van der Waals surface area contributed by atoms with Gasteiger partial charge in [0.05, 0.1) is 18.1 Å². The molecule has 0 saturated heterocycles. The lowest BCUT2D eigenvalue weighted by Gasteiger charge is -2.05. The summed E-state index contributed by atoms with van der Waals surface area (Å²) in [7, 11) is -0.392. The molecule has 0 aliphatic rings. The molecule has 19 heavy (non-hydrogen) atoms. The topological polar surface area (TPSA) is 101 Å². The summed E-state index contributed by atoms with van der Waals surface area (Å²) in [6.45, 7) is -0.0728. The number of nitro benzene ring substituents is 1. The van der Waals surface area contributed by atoms with Crippen molar-refractivity contribution in [2.45, 2.75) is 0 Å². The van der Waals surface area contributed by atoms with Crippen molar-refractivity contribution >= 4 is 22.4 Å². The Bertz CT molecular complexity index is 446. The van der Waals surface area contributed by atoms with Crippen molar-refractivity contribution < 1.29 is 19.9 Å². The molecule has 0 aliphatic heterocycles. The Labute approximate surface area is 113 Å². The van der Waals surface area contributed by atoms with E-state index >= 15 is 0 Å². The maximum absolute atomic E-state index is 12.0. The number of benzene rings is 1. The Kier molecular flexibility index (Phi) is 6.48. The molecule has 0 aliphatic carbocycles. The summed E-state index contributed by atoms with van der Waals surface area (Å²) in [5.41, 5.74) is 0.178. The number of aliphatic hydroxyl groups is 2.